The van der Waals surface area contributed by atoms with Crippen molar-refractivity contribution in [3.63, 3.8) is 0 Å². The number of carbonyl (C=O) groups excluding carboxylic acids is 1. The molecule has 4 rings (SSSR count). The van der Waals surface area contributed by atoms with Gasteiger partial charge in [-0.25, -0.2) is 4.39 Å². The molecular weight excluding hydrogens is 385 g/mol. The van der Waals surface area contributed by atoms with Crippen LogP contribution >= 0.6 is 0 Å². The summed E-state index contributed by atoms with van der Waals surface area (Å²) in [6, 6.07) is 11.9. The maximum atomic E-state index is 13.2. The topological polar surface area (TPSA) is 56.8 Å². The first-order valence-corrected chi connectivity index (χ1v) is 10.7. The summed E-state index contributed by atoms with van der Waals surface area (Å²) in [7, 11) is 0. The van der Waals surface area contributed by atoms with E-state index in [4.69, 9.17) is 14.2 Å². The predicted octanol–water partition coefficient (Wildman–Crippen LogP) is 4.38. The van der Waals surface area contributed by atoms with E-state index in [0.717, 1.165) is 55.6 Å². The first-order chi connectivity index (χ1) is 14.7. The fourth-order valence-corrected chi connectivity index (χ4v) is 4.29. The lowest BCUT2D eigenvalue weighted by Gasteiger charge is -2.30. The summed E-state index contributed by atoms with van der Waals surface area (Å²) >= 11 is 0. The average molecular weight is 413 g/mol. The molecule has 0 saturated heterocycles. The number of unbranched alkanes of at least 4 members (excludes halogenated alkanes) is 1. The lowest BCUT2D eigenvalue weighted by atomic mass is 9.77. The maximum absolute atomic E-state index is 13.2. The van der Waals surface area contributed by atoms with E-state index in [9.17, 15) is 9.18 Å². The number of hydrogen-bond acceptors (Lipinski definition) is 4. The van der Waals surface area contributed by atoms with Crippen LogP contribution in [0.4, 0.5) is 4.39 Å². The second kappa shape index (κ2) is 9.37. The quantitative estimate of drug-likeness (QED) is 0.653. The molecule has 0 atom stereocenters. The number of benzene rings is 2. The maximum Gasteiger partial charge on any atom is 0.230 e. The molecule has 0 radical (unpaired) electrons. The molecule has 1 amide bonds. The van der Waals surface area contributed by atoms with Crippen LogP contribution in [0.25, 0.3) is 0 Å². The second-order valence-corrected chi connectivity index (χ2v) is 7.91. The molecular formula is C24H28FNO4. The molecule has 1 aliphatic heterocycles. The van der Waals surface area contributed by atoms with Crippen molar-refractivity contribution in [2.45, 2.75) is 43.9 Å². The smallest absolute Gasteiger partial charge is 0.230 e. The van der Waals surface area contributed by atoms with Gasteiger partial charge in [-0.15, -0.1) is 0 Å². The summed E-state index contributed by atoms with van der Waals surface area (Å²) in [5, 5.41) is 3.13. The Balaban J connectivity index is 1.29. The van der Waals surface area contributed by atoms with Crippen LogP contribution in [-0.4, -0.2) is 32.3 Å². The molecule has 1 heterocycles. The first kappa shape index (κ1) is 20.5. The van der Waals surface area contributed by atoms with Crippen LogP contribution in [0.1, 0.15) is 44.1 Å². The van der Waals surface area contributed by atoms with Gasteiger partial charge in [0.1, 0.15) is 24.8 Å². The highest BCUT2D eigenvalue weighted by Crippen LogP contribution is 2.44. The molecule has 30 heavy (non-hydrogen) atoms. The zero-order valence-corrected chi connectivity index (χ0v) is 17.1. The van der Waals surface area contributed by atoms with E-state index in [2.05, 4.69) is 5.32 Å². The summed E-state index contributed by atoms with van der Waals surface area (Å²) in [5.74, 6) is 1.96. The number of carbonyl (C=O) groups is 1. The van der Waals surface area contributed by atoms with Crippen LogP contribution in [0, 0.1) is 5.82 Å². The lowest BCUT2D eigenvalue weighted by Crippen LogP contribution is -2.43. The van der Waals surface area contributed by atoms with Gasteiger partial charge in [0.05, 0.1) is 12.0 Å². The zero-order valence-electron chi connectivity index (χ0n) is 17.1. The minimum Gasteiger partial charge on any atom is -0.494 e. The summed E-state index contributed by atoms with van der Waals surface area (Å²) in [6.07, 6.45) is 5.44. The molecule has 1 fully saturated rings. The third kappa shape index (κ3) is 4.53. The monoisotopic (exact) mass is 413 g/mol. The Kier molecular flexibility index (Phi) is 6.41. The summed E-state index contributed by atoms with van der Waals surface area (Å²) in [4.78, 5) is 13.2. The number of nitrogens with one attached hydrogen (secondary N) is 1. The molecule has 2 aromatic carbocycles. The third-order valence-corrected chi connectivity index (χ3v) is 5.93. The van der Waals surface area contributed by atoms with Crippen LogP contribution in [0.5, 0.6) is 17.2 Å². The molecule has 2 aromatic rings. The van der Waals surface area contributed by atoms with Crippen molar-refractivity contribution in [2.75, 3.05) is 26.4 Å². The van der Waals surface area contributed by atoms with Gasteiger partial charge in [-0.2, -0.15) is 0 Å². The first-order valence-electron chi connectivity index (χ1n) is 10.7. The van der Waals surface area contributed by atoms with Crippen molar-refractivity contribution in [1.82, 2.24) is 5.32 Å². The second-order valence-electron chi connectivity index (χ2n) is 7.91. The highest BCUT2D eigenvalue weighted by molar-refractivity contribution is 5.88. The highest BCUT2D eigenvalue weighted by atomic mass is 19.1. The molecule has 6 heteroatoms. The Morgan fingerprint density at radius 2 is 1.73 bits per heavy atom. The number of halogens is 1. The molecule has 5 nitrogen and oxygen atoms in total. The van der Waals surface area contributed by atoms with E-state index < -0.39 is 5.41 Å². The van der Waals surface area contributed by atoms with Gasteiger partial charge in [0, 0.05) is 6.54 Å². The number of hydrogen-bond donors (Lipinski definition) is 1. The van der Waals surface area contributed by atoms with Gasteiger partial charge in [-0.3, -0.25) is 4.79 Å². The number of rotatable bonds is 8. The summed E-state index contributed by atoms with van der Waals surface area (Å²) in [5.41, 5.74) is 0.530. The van der Waals surface area contributed by atoms with Crippen LogP contribution in [-0.2, 0) is 10.2 Å². The molecule has 1 saturated carbocycles. The average Bonchev–Trinajstić information content (AvgIpc) is 3.28. The van der Waals surface area contributed by atoms with E-state index in [1.165, 1.54) is 12.1 Å². The molecule has 0 unspecified atom stereocenters. The van der Waals surface area contributed by atoms with Gasteiger partial charge in [-0.1, -0.05) is 18.9 Å². The number of amides is 1. The van der Waals surface area contributed by atoms with E-state index in [-0.39, 0.29) is 11.7 Å². The minimum atomic E-state index is -0.486. The van der Waals surface area contributed by atoms with Gasteiger partial charge in [-0.05, 0) is 67.6 Å². The highest BCUT2D eigenvalue weighted by Gasteiger charge is 2.43. The van der Waals surface area contributed by atoms with Crippen LogP contribution in [0.15, 0.2) is 42.5 Å². The van der Waals surface area contributed by atoms with Crippen LogP contribution < -0.4 is 19.5 Å². The third-order valence-electron chi connectivity index (χ3n) is 5.93. The van der Waals surface area contributed by atoms with Gasteiger partial charge >= 0.3 is 0 Å². The molecule has 0 aromatic heterocycles. The van der Waals surface area contributed by atoms with E-state index in [0.29, 0.717) is 32.1 Å². The fourth-order valence-electron chi connectivity index (χ4n) is 4.29. The molecule has 1 aliphatic carbocycles. The van der Waals surface area contributed by atoms with Gasteiger partial charge in [0.15, 0.2) is 11.5 Å². The SMILES string of the molecule is O=C(NCCCCOc1ccc(F)cc1)C1(c2ccc3c(c2)OCCO3)CCCC1. The van der Waals surface area contributed by atoms with Crippen molar-refractivity contribution < 1.29 is 23.4 Å². The van der Waals surface area contributed by atoms with E-state index >= 15 is 0 Å². The largest absolute Gasteiger partial charge is 0.494 e. The number of ether oxygens (including phenoxy) is 3. The van der Waals surface area contributed by atoms with Crippen molar-refractivity contribution in [3.05, 3.63) is 53.8 Å². The van der Waals surface area contributed by atoms with Gasteiger partial charge in [0.2, 0.25) is 5.91 Å². The van der Waals surface area contributed by atoms with Crippen molar-refractivity contribution >= 4 is 5.91 Å². The van der Waals surface area contributed by atoms with Crippen molar-refractivity contribution in [2.24, 2.45) is 0 Å². The molecule has 160 valence electrons. The molecule has 2 aliphatic rings. The Bertz CT molecular complexity index is 862. The standard InChI is InChI=1S/C24H28FNO4/c25-19-6-8-20(9-7-19)28-14-4-3-13-26-23(27)24(11-1-2-12-24)18-5-10-21-22(17-18)30-16-15-29-21/h5-10,17H,1-4,11-16H2,(H,26,27). The van der Waals surface area contributed by atoms with Crippen molar-refractivity contribution in [3.8, 4) is 17.2 Å². The Morgan fingerprint density at radius 1 is 1.00 bits per heavy atom. The van der Waals surface area contributed by atoms with E-state index in [1.54, 1.807) is 12.1 Å². The summed E-state index contributed by atoms with van der Waals surface area (Å²) < 4.78 is 29.9. The van der Waals surface area contributed by atoms with Crippen molar-refractivity contribution in [1.29, 1.82) is 0 Å². The molecule has 0 spiro atoms. The Morgan fingerprint density at radius 3 is 2.50 bits per heavy atom. The molecule has 1 N–H and O–H groups in total. The van der Waals surface area contributed by atoms with Crippen LogP contribution in [0.2, 0.25) is 0 Å². The predicted molar refractivity (Wildman–Crippen MR) is 112 cm³/mol. The number of fused-ring (bicyclic) bond motifs is 1. The van der Waals surface area contributed by atoms with E-state index in [1.807, 2.05) is 18.2 Å². The van der Waals surface area contributed by atoms with Crippen LogP contribution in [0.3, 0.4) is 0 Å². The molecule has 0 bridgehead atoms. The van der Waals surface area contributed by atoms with Gasteiger partial charge < -0.3 is 19.5 Å². The summed E-state index contributed by atoms with van der Waals surface area (Å²) in [6.45, 7) is 2.24. The Hall–Kier alpha value is -2.76. The van der Waals surface area contributed by atoms with Gasteiger partial charge in [0.25, 0.3) is 0 Å². The lowest BCUT2D eigenvalue weighted by molar-refractivity contribution is -0.126. The normalized spacial score (nSPS) is 16.8. The zero-order chi connectivity index (χ0) is 20.8. The minimum absolute atomic E-state index is 0.0936. The fraction of sp³-hybridized carbons (Fsp3) is 0.458. The Labute approximate surface area is 176 Å².